The van der Waals surface area contributed by atoms with Crippen molar-refractivity contribution in [1.82, 2.24) is 4.98 Å². The molecule has 0 aliphatic rings. The summed E-state index contributed by atoms with van der Waals surface area (Å²) in [6.07, 6.45) is 0. The first-order valence-electron chi connectivity index (χ1n) is 3.94. The molecule has 76 valence electrons. The lowest BCUT2D eigenvalue weighted by Gasteiger charge is -2.22. The average Bonchev–Trinajstić information content (AvgIpc) is 2.45. The summed E-state index contributed by atoms with van der Waals surface area (Å²) in [5.74, 6) is 0. The van der Waals surface area contributed by atoms with Crippen LogP contribution in [0.25, 0.3) is 0 Å². The van der Waals surface area contributed by atoms with E-state index >= 15 is 0 Å². The summed E-state index contributed by atoms with van der Waals surface area (Å²) >= 11 is 6.87. The van der Waals surface area contributed by atoms with E-state index in [0.29, 0.717) is 10.0 Å². The number of nitrogens with zero attached hydrogens (tertiary/aromatic N) is 2. The van der Waals surface area contributed by atoms with Crippen LogP contribution in [0.2, 0.25) is 5.15 Å². The molecule has 4 nitrogen and oxygen atoms in total. The number of rotatable bonds is 3. The Morgan fingerprint density at radius 2 is 2.36 bits per heavy atom. The highest BCUT2D eigenvalue weighted by atomic mass is 35.5. The molecule has 1 heterocycles. The van der Waals surface area contributed by atoms with Crippen molar-refractivity contribution >= 4 is 28.1 Å². The summed E-state index contributed by atoms with van der Waals surface area (Å²) in [4.78, 5) is 4.33. The summed E-state index contributed by atoms with van der Waals surface area (Å²) in [6, 6.07) is 1.94. The molecule has 0 aliphatic carbocycles. The second-order valence-corrected chi connectivity index (χ2v) is 4.77. The fourth-order valence-electron chi connectivity index (χ4n) is 0.753. The van der Waals surface area contributed by atoms with E-state index in [-0.39, 0.29) is 11.8 Å². The fourth-order valence-corrected chi connectivity index (χ4v) is 1.88. The molecule has 2 N–H and O–H groups in total. The van der Waals surface area contributed by atoms with Crippen LogP contribution in [0.3, 0.4) is 0 Å². The minimum Gasteiger partial charge on any atom is -0.394 e. The van der Waals surface area contributed by atoms with Gasteiger partial charge in [0.25, 0.3) is 0 Å². The van der Waals surface area contributed by atoms with Gasteiger partial charge in [-0.2, -0.15) is 5.26 Å². The molecule has 0 radical (unpaired) electrons. The van der Waals surface area contributed by atoms with E-state index in [1.54, 1.807) is 0 Å². The molecular weight excluding hydrogens is 222 g/mol. The van der Waals surface area contributed by atoms with Crippen LogP contribution in [0.1, 0.15) is 18.7 Å². The van der Waals surface area contributed by atoms with Crippen LogP contribution < -0.4 is 5.32 Å². The van der Waals surface area contributed by atoms with Gasteiger partial charge in [-0.05, 0) is 13.8 Å². The van der Waals surface area contributed by atoms with Gasteiger partial charge < -0.3 is 10.4 Å². The first kappa shape index (κ1) is 11.2. The van der Waals surface area contributed by atoms with Crippen molar-refractivity contribution in [1.29, 1.82) is 5.26 Å². The van der Waals surface area contributed by atoms with E-state index < -0.39 is 5.54 Å². The molecule has 14 heavy (non-hydrogen) atoms. The standard InChI is InChI=1S/C8H10ClN3OS/c1-8(2,4-13)12-7-11-6(9)5(3-10)14-7/h13H,4H2,1-2H3,(H,11,12). The number of hydrogen-bond donors (Lipinski definition) is 2. The van der Waals surface area contributed by atoms with E-state index in [0.717, 1.165) is 0 Å². The number of thiazole rings is 1. The molecular formula is C8H10ClN3OS. The summed E-state index contributed by atoms with van der Waals surface area (Å²) in [6.45, 7) is 3.63. The molecule has 1 rings (SSSR count). The number of anilines is 1. The van der Waals surface area contributed by atoms with Crippen LogP contribution in [-0.4, -0.2) is 22.2 Å². The van der Waals surface area contributed by atoms with Gasteiger partial charge >= 0.3 is 0 Å². The minimum atomic E-state index is -0.464. The molecule has 0 saturated heterocycles. The molecule has 1 aromatic rings. The molecule has 6 heteroatoms. The molecule has 0 aliphatic heterocycles. The van der Waals surface area contributed by atoms with Crippen molar-refractivity contribution in [3.63, 3.8) is 0 Å². The highest BCUT2D eigenvalue weighted by molar-refractivity contribution is 7.16. The second kappa shape index (κ2) is 4.13. The maximum Gasteiger partial charge on any atom is 0.185 e. The number of aliphatic hydroxyl groups is 1. The van der Waals surface area contributed by atoms with Crippen LogP contribution in [0.5, 0.6) is 0 Å². The molecule has 0 aromatic carbocycles. The van der Waals surface area contributed by atoms with Gasteiger partial charge in [0.2, 0.25) is 0 Å². The molecule has 0 saturated carbocycles. The first-order valence-corrected chi connectivity index (χ1v) is 5.13. The highest BCUT2D eigenvalue weighted by Gasteiger charge is 2.18. The third-order valence-corrected chi connectivity index (χ3v) is 2.79. The van der Waals surface area contributed by atoms with Crippen LogP contribution in [0.4, 0.5) is 5.13 Å². The van der Waals surface area contributed by atoms with Crippen LogP contribution in [0, 0.1) is 11.3 Å². The minimum absolute atomic E-state index is 0.0217. The number of nitrogens with one attached hydrogen (secondary N) is 1. The van der Waals surface area contributed by atoms with Crippen LogP contribution in [-0.2, 0) is 0 Å². The Balaban J connectivity index is 2.84. The zero-order valence-electron chi connectivity index (χ0n) is 7.83. The van der Waals surface area contributed by atoms with Crippen molar-refractivity contribution in [3.8, 4) is 6.07 Å². The van der Waals surface area contributed by atoms with E-state index in [1.165, 1.54) is 11.3 Å². The fraction of sp³-hybridized carbons (Fsp3) is 0.500. The average molecular weight is 232 g/mol. The largest absolute Gasteiger partial charge is 0.394 e. The molecule has 0 unspecified atom stereocenters. The zero-order chi connectivity index (χ0) is 10.8. The van der Waals surface area contributed by atoms with E-state index in [2.05, 4.69) is 10.3 Å². The maximum atomic E-state index is 9.01. The molecule has 0 atom stereocenters. The third kappa shape index (κ3) is 2.58. The molecule has 1 aromatic heterocycles. The van der Waals surface area contributed by atoms with Gasteiger partial charge in [0.15, 0.2) is 10.3 Å². The zero-order valence-corrected chi connectivity index (χ0v) is 9.41. The predicted molar refractivity (Wildman–Crippen MR) is 56.6 cm³/mol. The third-order valence-electron chi connectivity index (χ3n) is 1.53. The first-order chi connectivity index (χ1) is 6.48. The molecule has 0 fully saturated rings. The van der Waals surface area contributed by atoms with Crippen molar-refractivity contribution < 1.29 is 5.11 Å². The van der Waals surface area contributed by atoms with Crippen LogP contribution in [0.15, 0.2) is 0 Å². The Labute approximate surface area is 91.2 Å². The Morgan fingerprint density at radius 3 is 2.79 bits per heavy atom. The van der Waals surface area contributed by atoms with Gasteiger partial charge in [-0.1, -0.05) is 22.9 Å². The van der Waals surface area contributed by atoms with E-state index in [4.69, 9.17) is 22.0 Å². The summed E-state index contributed by atoms with van der Waals surface area (Å²) in [5.41, 5.74) is -0.464. The monoisotopic (exact) mass is 231 g/mol. The highest BCUT2D eigenvalue weighted by Crippen LogP contribution is 2.27. The van der Waals surface area contributed by atoms with E-state index in [9.17, 15) is 0 Å². The molecule has 0 spiro atoms. The number of nitriles is 1. The van der Waals surface area contributed by atoms with Gasteiger partial charge in [-0.15, -0.1) is 0 Å². The van der Waals surface area contributed by atoms with Crippen LogP contribution >= 0.6 is 22.9 Å². The van der Waals surface area contributed by atoms with Crippen molar-refractivity contribution in [2.75, 3.05) is 11.9 Å². The number of hydrogen-bond acceptors (Lipinski definition) is 5. The topological polar surface area (TPSA) is 68.9 Å². The summed E-state index contributed by atoms with van der Waals surface area (Å²) in [7, 11) is 0. The summed E-state index contributed by atoms with van der Waals surface area (Å²) < 4.78 is 0. The van der Waals surface area contributed by atoms with Gasteiger partial charge in [0.05, 0.1) is 12.1 Å². The smallest absolute Gasteiger partial charge is 0.185 e. The Bertz CT molecular complexity index is 369. The lowest BCUT2D eigenvalue weighted by Crippen LogP contribution is -2.34. The molecule has 0 bridgehead atoms. The second-order valence-electron chi connectivity index (χ2n) is 3.42. The quantitative estimate of drug-likeness (QED) is 0.833. The lowest BCUT2D eigenvalue weighted by molar-refractivity contribution is 0.234. The van der Waals surface area contributed by atoms with Crippen molar-refractivity contribution in [3.05, 3.63) is 10.0 Å². The van der Waals surface area contributed by atoms with Gasteiger partial charge in [-0.25, -0.2) is 4.98 Å². The number of aliphatic hydroxyl groups excluding tert-OH is 1. The summed E-state index contributed by atoms with van der Waals surface area (Å²) in [5, 5.41) is 21.4. The lowest BCUT2D eigenvalue weighted by atomic mass is 10.1. The Kier molecular flexibility index (Phi) is 3.32. The van der Waals surface area contributed by atoms with Crippen molar-refractivity contribution in [2.24, 2.45) is 0 Å². The SMILES string of the molecule is CC(C)(CO)Nc1nc(Cl)c(C#N)s1. The molecule has 0 amide bonds. The normalized spacial score (nSPS) is 11.1. The van der Waals surface area contributed by atoms with Gasteiger partial charge in [-0.3, -0.25) is 0 Å². The number of aromatic nitrogens is 1. The predicted octanol–water partition coefficient (Wildman–Crippen LogP) is 1.85. The van der Waals surface area contributed by atoms with Crippen molar-refractivity contribution in [2.45, 2.75) is 19.4 Å². The van der Waals surface area contributed by atoms with Gasteiger partial charge in [0.1, 0.15) is 10.9 Å². The van der Waals surface area contributed by atoms with Gasteiger partial charge in [0, 0.05) is 0 Å². The Morgan fingerprint density at radius 1 is 1.71 bits per heavy atom. The maximum absolute atomic E-state index is 9.01. The Hall–Kier alpha value is -0.830. The van der Waals surface area contributed by atoms with E-state index in [1.807, 2.05) is 19.9 Å². The number of halogens is 1.